The standard InChI is InChI=1S/C10H11N3/c11-5-1-4-10(12)7-9-3-2-6-13-8-9/h1-6,8,11-12H,7H2/b4-1-,11-5?,12-10?. The molecule has 0 atom stereocenters. The van der Waals surface area contributed by atoms with E-state index in [-0.39, 0.29) is 0 Å². The van der Waals surface area contributed by atoms with Crippen molar-refractivity contribution >= 4 is 11.9 Å². The summed E-state index contributed by atoms with van der Waals surface area (Å²) in [6.07, 6.45) is 8.34. The molecule has 0 bridgehead atoms. The van der Waals surface area contributed by atoms with Crippen LogP contribution in [0.2, 0.25) is 0 Å². The molecule has 3 nitrogen and oxygen atoms in total. The number of allylic oxidation sites excluding steroid dienone is 2. The van der Waals surface area contributed by atoms with Crippen LogP contribution in [0, 0.1) is 10.8 Å². The van der Waals surface area contributed by atoms with Gasteiger partial charge in [-0.2, -0.15) is 0 Å². The van der Waals surface area contributed by atoms with Gasteiger partial charge in [0.15, 0.2) is 0 Å². The molecule has 0 aliphatic carbocycles. The zero-order valence-corrected chi connectivity index (χ0v) is 7.20. The van der Waals surface area contributed by atoms with Crippen LogP contribution in [-0.2, 0) is 6.42 Å². The number of pyridine rings is 1. The lowest BCUT2D eigenvalue weighted by atomic mass is 10.1. The average Bonchev–Trinajstić information content (AvgIpc) is 2.16. The number of hydrogen-bond donors (Lipinski definition) is 2. The van der Waals surface area contributed by atoms with Crippen LogP contribution in [0.5, 0.6) is 0 Å². The number of hydrogen-bond acceptors (Lipinski definition) is 3. The van der Waals surface area contributed by atoms with Crippen molar-refractivity contribution in [1.82, 2.24) is 4.98 Å². The maximum Gasteiger partial charge on any atom is 0.0358 e. The van der Waals surface area contributed by atoms with Gasteiger partial charge in [-0.3, -0.25) is 4.98 Å². The first-order chi connectivity index (χ1) is 6.33. The van der Waals surface area contributed by atoms with Crippen molar-refractivity contribution in [3.63, 3.8) is 0 Å². The van der Waals surface area contributed by atoms with E-state index in [0.29, 0.717) is 12.1 Å². The molecule has 0 spiro atoms. The van der Waals surface area contributed by atoms with Gasteiger partial charge in [-0.05, 0) is 23.8 Å². The van der Waals surface area contributed by atoms with Gasteiger partial charge in [0.2, 0.25) is 0 Å². The van der Waals surface area contributed by atoms with Gasteiger partial charge in [-0.1, -0.05) is 6.07 Å². The van der Waals surface area contributed by atoms with Gasteiger partial charge in [0.25, 0.3) is 0 Å². The van der Waals surface area contributed by atoms with Crippen molar-refractivity contribution in [3.05, 3.63) is 42.2 Å². The Bertz CT molecular complexity index is 314. The smallest absolute Gasteiger partial charge is 0.0358 e. The maximum absolute atomic E-state index is 7.51. The van der Waals surface area contributed by atoms with E-state index >= 15 is 0 Å². The van der Waals surface area contributed by atoms with Crippen LogP contribution in [0.4, 0.5) is 0 Å². The molecule has 0 amide bonds. The third kappa shape index (κ3) is 3.42. The molecule has 1 heterocycles. The van der Waals surface area contributed by atoms with E-state index in [4.69, 9.17) is 10.8 Å². The number of aromatic nitrogens is 1. The summed E-state index contributed by atoms with van der Waals surface area (Å²) in [6.45, 7) is 0. The highest BCUT2D eigenvalue weighted by Gasteiger charge is 1.94. The van der Waals surface area contributed by atoms with Crippen molar-refractivity contribution in [3.8, 4) is 0 Å². The van der Waals surface area contributed by atoms with Crippen LogP contribution in [0.3, 0.4) is 0 Å². The first-order valence-corrected chi connectivity index (χ1v) is 3.96. The Morgan fingerprint density at radius 2 is 2.38 bits per heavy atom. The molecule has 3 heteroatoms. The van der Waals surface area contributed by atoms with Crippen LogP contribution in [-0.4, -0.2) is 16.9 Å². The second-order valence-corrected chi connectivity index (χ2v) is 2.59. The Hall–Kier alpha value is -1.77. The Balaban J connectivity index is 2.55. The van der Waals surface area contributed by atoms with Crippen molar-refractivity contribution in [1.29, 1.82) is 10.8 Å². The fourth-order valence-corrected chi connectivity index (χ4v) is 0.946. The van der Waals surface area contributed by atoms with Gasteiger partial charge in [-0.25, -0.2) is 0 Å². The minimum absolute atomic E-state index is 0.483. The summed E-state index contributed by atoms with van der Waals surface area (Å²) in [7, 11) is 0. The predicted molar refractivity (Wildman–Crippen MR) is 53.6 cm³/mol. The van der Waals surface area contributed by atoms with Gasteiger partial charge in [0.05, 0.1) is 0 Å². The number of rotatable bonds is 4. The van der Waals surface area contributed by atoms with E-state index in [1.807, 2.05) is 12.1 Å². The van der Waals surface area contributed by atoms with Crippen molar-refractivity contribution in [2.45, 2.75) is 6.42 Å². The van der Waals surface area contributed by atoms with Gasteiger partial charge < -0.3 is 10.8 Å². The molecular weight excluding hydrogens is 162 g/mol. The highest BCUT2D eigenvalue weighted by atomic mass is 14.6. The lowest BCUT2D eigenvalue weighted by molar-refractivity contribution is 1.21. The number of nitrogens with zero attached hydrogens (tertiary/aromatic N) is 1. The van der Waals surface area contributed by atoms with E-state index in [1.165, 1.54) is 0 Å². The lowest BCUT2D eigenvalue weighted by Gasteiger charge is -1.96. The zero-order valence-electron chi connectivity index (χ0n) is 7.20. The summed E-state index contributed by atoms with van der Waals surface area (Å²) in [5.74, 6) is 0. The molecule has 13 heavy (non-hydrogen) atoms. The molecule has 0 fully saturated rings. The third-order valence-electron chi connectivity index (χ3n) is 1.51. The third-order valence-corrected chi connectivity index (χ3v) is 1.51. The molecule has 0 aromatic carbocycles. The molecule has 0 radical (unpaired) electrons. The molecule has 0 aliphatic rings. The second kappa shape index (κ2) is 4.98. The summed E-state index contributed by atoms with van der Waals surface area (Å²) in [5, 5.41) is 14.3. The summed E-state index contributed by atoms with van der Waals surface area (Å²) < 4.78 is 0. The van der Waals surface area contributed by atoms with Crippen molar-refractivity contribution in [2.75, 3.05) is 0 Å². The molecule has 1 aromatic heterocycles. The molecule has 66 valence electrons. The SMILES string of the molecule is N=C/C=C\C(=N)Cc1cccnc1. The minimum Gasteiger partial charge on any atom is -0.309 e. The molecule has 0 saturated carbocycles. The quantitative estimate of drug-likeness (QED) is 0.670. The predicted octanol–water partition coefficient (Wildman–Crippen LogP) is 1.85. The maximum atomic E-state index is 7.51. The minimum atomic E-state index is 0.483. The molecule has 0 saturated heterocycles. The van der Waals surface area contributed by atoms with Crippen LogP contribution in [0.1, 0.15) is 5.56 Å². The molecule has 1 aromatic rings. The van der Waals surface area contributed by atoms with Gasteiger partial charge in [0, 0.05) is 30.7 Å². The first kappa shape index (κ1) is 9.32. The van der Waals surface area contributed by atoms with Gasteiger partial charge in [0.1, 0.15) is 0 Å². The van der Waals surface area contributed by atoms with Crippen molar-refractivity contribution < 1.29 is 0 Å². The molecule has 1 rings (SSSR count). The van der Waals surface area contributed by atoms with Crippen LogP contribution in [0.25, 0.3) is 0 Å². The fourth-order valence-electron chi connectivity index (χ4n) is 0.946. The van der Waals surface area contributed by atoms with E-state index < -0.39 is 0 Å². The topological polar surface area (TPSA) is 60.6 Å². The second-order valence-electron chi connectivity index (χ2n) is 2.59. The van der Waals surface area contributed by atoms with Gasteiger partial charge in [-0.15, -0.1) is 0 Å². The van der Waals surface area contributed by atoms with Crippen LogP contribution < -0.4 is 0 Å². The van der Waals surface area contributed by atoms with Crippen LogP contribution >= 0.6 is 0 Å². The monoisotopic (exact) mass is 173 g/mol. The highest BCUT2D eigenvalue weighted by molar-refractivity contribution is 5.96. The normalized spacial score (nSPS) is 10.2. The van der Waals surface area contributed by atoms with Crippen molar-refractivity contribution in [2.24, 2.45) is 0 Å². The van der Waals surface area contributed by atoms with E-state index in [0.717, 1.165) is 11.8 Å². The van der Waals surface area contributed by atoms with E-state index in [1.54, 1.807) is 24.5 Å². The Morgan fingerprint density at radius 1 is 1.54 bits per heavy atom. The fraction of sp³-hybridized carbons (Fsp3) is 0.100. The largest absolute Gasteiger partial charge is 0.309 e. The lowest BCUT2D eigenvalue weighted by Crippen LogP contribution is -1.97. The molecule has 2 N–H and O–H groups in total. The van der Waals surface area contributed by atoms with Crippen LogP contribution in [0.15, 0.2) is 36.7 Å². The summed E-state index contributed by atoms with van der Waals surface area (Å²) >= 11 is 0. The van der Waals surface area contributed by atoms with E-state index in [2.05, 4.69) is 4.98 Å². The first-order valence-electron chi connectivity index (χ1n) is 3.96. The Kier molecular flexibility index (Phi) is 3.57. The summed E-state index contributed by atoms with van der Waals surface area (Å²) in [5.41, 5.74) is 1.50. The highest BCUT2D eigenvalue weighted by Crippen LogP contribution is 1.98. The van der Waals surface area contributed by atoms with Gasteiger partial charge >= 0.3 is 0 Å². The average molecular weight is 173 g/mol. The summed E-state index contributed by atoms with van der Waals surface area (Å²) in [6, 6.07) is 3.78. The summed E-state index contributed by atoms with van der Waals surface area (Å²) in [4.78, 5) is 3.95. The molecular formula is C10H11N3. The Morgan fingerprint density at radius 3 is 3.00 bits per heavy atom. The zero-order chi connectivity index (χ0) is 9.52. The Labute approximate surface area is 77.2 Å². The molecule has 0 aliphatic heterocycles. The van der Waals surface area contributed by atoms with E-state index in [9.17, 15) is 0 Å². The molecule has 0 unspecified atom stereocenters. The number of nitrogens with one attached hydrogen (secondary N) is 2.